The maximum absolute atomic E-state index is 13.4. The molecule has 0 heterocycles. The first kappa shape index (κ1) is 38.8. The molecule has 0 aliphatic heterocycles. The molecule has 216 valence electrons. The van der Waals surface area contributed by atoms with Crippen LogP contribution in [0.15, 0.2) is 0 Å². The van der Waals surface area contributed by atoms with Crippen LogP contribution in [-0.4, -0.2) is 48.4 Å². The molecule has 1 atom stereocenters. The van der Waals surface area contributed by atoms with Crippen molar-refractivity contribution < 1.29 is 9.32 Å². The van der Waals surface area contributed by atoms with Crippen LogP contribution in [0.3, 0.4) is 0 Å². The fourth-order valence-electron chi connectivity index (χ4n) is 5.22. The van der Waals surface area contributed by atoms with Crippen molar-refractivity contribution in [3.63, 3.8) is 0 Å². The fourth-order valence-corrected chi connectivity index (χ4v) is 9.09. The summed E-state index contributed by atoms with van der Waals surface area (Å²) in [5.74, 6) is 0.283. The van der Waals surface area contributed by atoms with E-state index < -0.39 is 7.49 Å². The molecule has 0 fully saturated rings. The standard InChI is InChI=1S/C32H66O2P.Sn.2H/c1-6-11-15-18-21-24-28-35(29-25-22-19-16-12-7-2,30-26-23-20-17-13-8-3)34-32(33)31(10-5)27-14-9-4;;;/h31H,6-30H2,1-5H3;;;/q+1;;;. The molecule has 0 N–H and O–H groups in total. The van der Waals surface area contributed by atoms with Crippen LogP contribution in [0.4, 0.5) is 0 Å². The van der Waals surface area contributed by atoms with Crippen LogP contribution in [0.25, 0.3) is 0 Å². The molecule has 0 aliphatic rings. The van der Waals surface area contributed by atoms with Gasteiger partial charge in [-0.15, -0.1) is 0 Å². The third-order valence-electron chi connectivity index (χ3n) is 7.77. The molecule has 0 amide bonds. The van der Waals surface area contributed by atoms with Crippen LogP contribution >= 0.6 is 7.49 Å². The molecule has 0 aromatic rings. The molecular formula is C32H68O2PSn+. The van der Waals surface area contributed by atoms with Crippen molar-refractivity contribution in [1.82, 2.24) is 0 Å². The zero-order valence-electron chi connectivity index (χ0n) is 25.7. The van der Waals surface area contributed by atoms with E-state index in [2.05, 4.69) is 34.6 Å². The Bertz CT molecular complexity index is 417. The van der Waals surface area contributed by atoms with Gasteiger partial charge in [0.1, 0.15) is 0 Å². The second-order valence-corrected chi connectivity index (χ2v) is 14.8. The van der Waals surface area contributed by atoms with Crippen LogP contribution in [0.5, 0.6) is 0 Å². The first-order chi connectivity index (χ1) is 17.1. The van der Waals surface area contributed by atoms with E-state index in [-0.39, 0.29) is 35.8 Å². The Kier molecular flexibility index (Phi) is 31.0. The Hall–Kier alpha value is 0.699. The molecular weight excluding hydrogens is 566 g/mol. The van der Waals surface area contributed by atoms with Gasteiger partial charge in [-0.1, -0.05) is 125 Å². The maximum atomic E-state index is 13.4. The topological polar surface area (TPSA) is 26.3 Å². The molecule has 1 unspecified atom stereocenters. The van der Waals surface area contributed by atoms with Crippen molar-refractivity contribution >= 4 is 37.4 Å². The average Bonchev–Trinajstić information content (AvgIpc) is 2.86. The molecule has 0 saturated heterocycles. The summed E-state index contributed by atoms with van der Waals surface area (Å²) in [5, 5.41) is 0. The number of hydrogen-bond donors (Lipinski definition) is 0. The van der Waals surface area contributed by atoms with Crippen LogP contribution in [0.2, 0.25) is 0 Å². The van der Waals surface area contributed by atoms with E-state index in [1.165, 1.54) is 134 Å². The van der Waals surface area contributed by atoms with Gasteiger partial charge in [0.2, 0.25) is 0 Å². The summed E-state index contributed by atoms with van der Waals surface area (Å²) >= 11 is 0. The van der Waals surface area contributed by atoms with Crippen LogP contribution in [-0.2, 0) is 9.32 Å². The van der Waals surface area contributed by atoms with Crippen molar-refractivity contribution in [2.75, 3.05) is 18.5 Å². The number of hydrogen-bond acceptors (Lipinski definition) is 2. The van der Waals surface area contributed by atoms with Gasteiger partial charge in [0.15, 0.2) is 7.49 Å². The normalized spacial score (nSPS) is 12.4. The number of carbonyl (C=O) groups excluding carboxylic acids is 1. The first-order valence-corrected chi connectivity index (χ1v) is 18.4. The molecule has 2 nitrogen and oxygen atoms in total. The van der Waals surface area contributed by atoms with E-state index in [4.69, 9.17) is 4.52 Å². The van der Waals surface area contributed by atoms with E-state index in [1.54, 1.807) is 0 Å². The number of carbonyl (C=O) groups is 1. The molecule has 36 heavy (non-hydrogen) atoms. The quantitative estimate of drug-likeness (QED) is 0.0511. The summed E-state index contributed by atoms with van der Waals surface area (Å²) < 4.78 is 6.74. The second-order valence-electron chi connectivity index (χ2n) is 11.2. The Morgan fingerprint density at radius 2 is 0.861 bits per heavy atom. The molecule has 0 aliphatic carbocycles. The molecule has 0 saturated carbocycles. The predicted molar refractivity (Wildman–Crippen MR) is 170 cm³/mol. The third kappa shape index (κ3) is 21.6. The van der Waals surface area contributed by atoms with E-state index in [0.717, 1.165) is 25.7 Å². The van der Waals surface area contributed by atoms with E-state index in [9.17, 15) is 4.79 Å². The summed E-state index contributed by atoms with van der Waals surface area (Å²) in [4.78, 5) is 13.4. The zero-order valence-corrected chi connectivity index (χ0v) is 30.7. The van der Waals surface area contributed by atoms with Crippen molar-refractivity contribution in [2.45, 2.75) is 176 Å². The minimum atomic E-state index is -1.67. The van der Waals surface area contributed by atoms with Crippen molar-refractivity contribution in [3.8, 4) is 0 Å². The summed E-state index contributed by atoms with van der Waals surface area (Å²) in [6.45, 7) is 11.3. The molecule has 0 rings (SSSR count). The Balaban J connectivity index is 0. The Morgan fingerprint density at radius 3 is 1.19 bits per heavy atom. The van der Waals surface area contributed by atoms with Gasteiger partial charge in [-0.2, -0.15) is 0 Å². The van der Waals surface area contributed by atoms with E-state index >= 15 is 0 Å². The van der Waals surface area contributed by atoms with Crippen LogP contribution < -0.4 is 0 Å². The summed E-state index contributed by atoms with van der Waals surface area (Å²) in [6, 6.07) is 0. The van der Waals surface area contributed by atoms with Gasteiger partial charge in [0.05, 0.1) is 24.4 Å². The van der Waals surface area contributed by atoms with Crippen molar-refractivity contribution in [3.05, 3.63) is 0 Å². The third-order valence-corrected chi connectivity index (χ3v) is 11.7. The van der Waals surface area contributed by atoms with Gasteiger partial charge in [-0.25, -0.2) is 4.79 Å². The second kappa shape index (κ2) is 28.7. The zero-order chi connectivity index (χ0) is 26.0. The molecule has 0 aromatic carbocycles. The van der Waals surface area contributed by atoms with Crippen molar-refractivity contribution in [2.24, 2.45) is 5.92 Å². The average molecular weight is 635 g/mol. The van der Waals surface area contributed by atoms with E-state index in [0.29, 0.717) is 0 Å². The van der Waals surface area contributed by atoms with Gasteiger partial charge in [0.25, 0.3) is 0 Å². The minimum absolute atomic E-state index is 0. The summed E-state index contributed by atoms with van der Waals surface area (Å²) in [5.41, 5.74) is 0. The van der Waals surface area contributed by atoms with Gasteiger partial charge >= 0.3 is 29.9 Å². The predicted octanol–water partition coefficient (Wildman–Crippen LogP) is 10.8. The van der Waals surface area contributed by atoms with Gasteiger partial charge in [-0.05, 0) is 51.4 Å². The SMILES string of the molecule is CCCCCCCC[P+](CCCCCCCC)(CCCCCCCC)OC(=O)C(CC)CCCC.[SnH2]. The van der Waals surface area contributed by atoms with Gasteiger partial charge in [0, 0.05) is 0 Å². The molecule has 0 spiro atoms. The van der Waals surface area contributed by atoms with Crippen LogP contribution in [0.1, 0.15) is 176 Å². The van der Waals surface area contributed by atoms with Gasteiger partial charge in [-0.3, -0.25) is 0 Å². The Morgan fingerprint density at radius 1 is 0.528 bits per heavy atom. The van der Waals surface area contributed by atoms with E-state index in [1.807, 2.05) is 0 Å². The molecule has 0 aromatic heterocycles. The number of rotatable bonds is 27. The molecule has 0 bridgehead atoms. The van der Waals surface area contributed by atoms with Gasteiger partial charge < -0.3 is 4.52 Å². The molecule has 4 heteroatoms. The molecule has 2 radical (unpaired) electrons. The fraction of sp³-hybridized carbons (Fsp3) is 0.969. The summed E-state index contributed by atoms with van der Waals surface area (Å²) in [7, 11) is -1.67. The number of unbranched alkanes of at least 4 members (excludes halogenated alkanes) is 16. The van der Waals surface area contributed by atoms with Crippen LogP contribution in [0, 0.1) is 5.92 Å². The van der Waals surface area contributed by atoms with Crippen molar-refractivity contribution in [1.29, 1.82) is 0 Å². The first-order valence-electron chi connectivity index (χ1n) is 16.2. The Labute approximate surface area is 246 Å². The monoisotopic (exact) mass is 635 g/mol. The summed E-state index contributed by atoms with van der Waals surface area (Å²) in [6.07, 6.45) is 31.7.